The highest BCUT2D eigenvalue weighted by Crippen LogP contribution is 2.18. The Morgan fingerprint density at radius 2 is 2.00 bits per heavy atom. The fraction of sp³-hybridized carbons (Fsp3) is 0.500. The van der Waals surface area contributed by atoms with Gasteiger partial charge in [0.2, 0.25) is 0 Å². The number of hydrogen-bond acceptors (Lipinski definition) is 4. The first kappa shape index (κ1) is 14.7. The maximum absolute atomic E-state index is 12.0. The first-order chi connectivity index (χ1) is 8.65. The Balaban J connectivity index is 2.65. The van der Waals surface area contributed by atoms with Crippen LogP contribution in [-0.4, -0.2) is 38.7 Å². The second-order valence-electron chi connectivity index (χ2n) is 4.30. The molecule has 0 aliphatic heterocycles. The van der Waals surface area contributed by atoms with Gasteiger partial charge in [-0.2, -0.15) is 0 Å². The van der Waals surface area contributed by atoms with Gasteiger partial charge in [0, 0.05) is 13.2 Å². The number of ether oxygens (including phenoxy) is 2. The minimum Gasteiger partial charge on any atom is -0.490 e. The van der Waals surface area contributed by atoms with E-state index in [1.165, 1.54) is 0 Å². The minimum absolute atomic E-state index is 0.0386. The van der Waals surface area contributed by atoms with E-state index >= 15 is 0 Å². The number of benzene rings is 1. The largest absolute Gasteiger partial charge is 0.490 e. The van der Waals surface area contributed by atoms with Crippen LogP contribution < -0.4 is 10.1 Å². The fourth-order valence-electron chi connectivity index (χ4n) is 1.45. The highest BCUT2D eigenvalue weighted by atomic mass is 16.5. The van der Waals surface area contributed by atoms with Gasteiger partial charge in [0.25, 0.3) is 0 Å². The molecule has 0 amide bonds. The molecule has 0 spiro atoms. The molecule has 0 bridgehead atoms. The van der Waals surface area contributed by atoms with Gasteiger partial charge in [-0.05, 0) is 12.1 Å². The minimum atomic E-state index is 0.0386. The second kappa shape index (κ2) is 7.84. The third-order valence-electron chi connectivity index (χ3n) is 2.40. The van der Waals surface area contributed by atoms with Crippen molar-refractivity contribution in [2.24, 2.45) is 0 Å². The maximum Gasteiger partial charge on any atom is 0.180 e. The summed E-state index contributed by atoms with van der Waals surface area (Å²) >= 11 is 0. The summed E-state index contributed by atoms with van der Waals surface area (Å²) in [6.07, 6.45) is 0. The molecule has 1 N–H and O–H groups in total. The Morgan fingerprint density at radius 3 is 2.67 bits per heavy atom. The maximum atomic E-state index is 12.0. The number of para-hydroxylation sites is 1. The van der Waals surface area contributed by atoms with E-state index in [1.54, 1.807) is 19.2 Å². The Morgan fingerprint density at radius 1 is 1.28 bits per heavy atom. The molecule has 1 aromatic carbocycles. The molecule has 0 radical (unpaired) electrons. The van der Waals surface area contributed by atoms with Crippen molar-refractivity contribution in [3.05, 3.63) is 29.8 Å². The topological polar surface area (TPSA) is 47.6 Å². The Kier molecular flexibility index (Phi) is 6.39. The van der Waals surface area contributed by atoms with Crippen molar-refractivity contribution in [2.75, 3.05) is 26.9 Å². The number of methoxy groups -OCH3 is 1. The predicted molar refractivity (Wildman–Crippen MR) is 71.3 cm³/mol. The average molecular weight is 251 g/mol. The van der Waals surface area contributed by atoms with Crippen molar-refractivity contribution >= 4 is 5.78 Å². The smallest absolute Gasteiger partial charge is 0.180 e. The van der Waals surface area contributed by atoms with Crippen molar-refractivity contribution in [1.82, 2.24) is 5.32 Å². The molecule has 1 aromatic rings. The second-order valence-corrected chi connectivity index (χ2v) is 4.30. The lowest BCUT2D eigenvalue weighted by atomic mass is 10.1. The molecule has 0 heterocycles. The van der Waals surface area contributed by atoms with E-state index in [2.05, 4.69) is 5.32 Å². The summed E-state index contributed by atoms with van der Waals surface area (Å²) in [6, 6.07) is 7.57. The van der Waals surface area contributed by atoms with Crippen molar-refractivity contribution < 1.29 is 14.3 Å². The first-order valence-electron chi connectivity index (χ1n) is 6.12. The first-order valence-corrected chi connectivity index (χ1v) is 6.12. The molecule has 0 aliphatic carbocycles. The quantitative estimate of drug-likeness (QED) is 0.566. The molecule has 0 aromatic heterocycles. The van der Waals surface area contributed by atoms with Gasteiger partial charge in [-0.1, -0.05) is 26.0 Å². The lowest BCUT2D eigenvalue weighted by molar-refractivity contribution is 0.0980. The molecule has 18 heavy (non-hydrogen) atoms. The number of rotatable bonds is 8. The van der Waals surface area contributed by atoms with Gasteiger partial charge < -0.3 is 14.8 Å². The summed E-state index contributed by atoms with van der Waals surface area (Å²) in [7, 11) is 1.62. The number of Topliss-reactive ketones (excluding diaryl/α,β-unsaturated/α-hetero) is 1. The van der Waals surface area contributed by atoms with Crippen LogP contribution in [0.5, 0.6) is 5.75 Å². The monoisotopic (exact) mass is 251 g/mol. The van der Waals surface area contributed by atoms with Crippen LogP contribution in [-0.2, 0) is 4.74 Å². The van der Waals surface area contributed by atoms with Crippen LogP contribution in [0, 0.1) is 0 Å². The van der Waals surface area contributed by atoms with E-state index in [0.29, 0.717) is 31.1 Å². The molecule has 0 unspecified atom stereocenters. The molecule has 0 saturated carbocycles. The fourth-order valence-corrected chi connectivity index (χ4v) is 1.45. The van der Waals surface area contributed by atoms with Crippen LogP contribution >= 0.6 is 0 Å². The van der Waals surface area contributed by atoms with Crippen LogP contribution in [0.25, 0.3) is 0 Å². The molecule has 0 fully saturated rings. The van der Waals surface area contributed by atoms with E-state index in [9.17, 15) is 4.79 Å². The summed E-state index contributed by atoms with van der Waals surface area (Å²) in [5.74, 6) is 0.654. The van der Waals surface area contributed by atoms with Gasteiger partial charge in [0.15, 0.2) is 5.78 Å². The number of hydrogen-bond donors (Lipinski definition) is 1. The molecule has 4 heteroatoms. The molecule has 4 nitrogen and oxygen atoms in total. The summed E-state index contributed by atoms with van der Waals surface area (Å²) in [5, 5.41) is 3.11. The molecule has 100 valence electrons. The lowest BCUT2D eigenvalue weighted by Crippen LogP contribution is -2.29. The van der Waals surface area contributed by atoms with E-state index in [4.69, 9.17) is 9.47 Å². The standard InChI is InChI=1S/C14H21NO3/c1-11(2)15-10-13(16)12-6-4-5-7-14(12)18-9-8-17-3/h4-7,11,15H,8-10H2,1-3H3. The van der Waals surface area contributed by atoms with Gasteiger partial charge in [0.1, 0.15) is 12.4 Å². The zero-order valence-corrected chi connectivity index (χ0v) is 11.2. The molecular weight excluding hydrogens is 230 g/mol. The number of ketones is 1. The Bertz CT molecular complexity index is 377. The third kappa shape index (κ3) is 4.85. The molecule has 0 saturated heterocycles. The Hall–Kier alpha value is -1.39. The number of carbonyl (C=O) groups excluding carboxylic acids is 1. The zero-order chi connectivity index (χ0) is 13.4. The summed E-state index contributed by atoms with van der Waals surface area (Å²) in [5.41, 5.74) is 0.613. The molecule has 1 rings (SSSR count). The molecule has 0 aliphatic rings. The van der Waals surface area contributed by atoms with Crippen LogP contribution in [0.15, 0.2) is 24.3 Å². The highest BCUT2D eigenvalue weighted by Gasteiger charge is 2.11. The van der Waals surface area contributed by atoms with Crippen LogP contribution in [0.2, 0.25) is 0 Å². The van der Waals surface area contributed by atoms with E-state index < -0.39 is 0 Å². The Labute approximate surface area is 108 Å². The van der Waals surface area contributed by atoms with E-state index in [1.807, 2.05) is 26.0 Å². The van der Waals surface area contributed by atoms with Crippen molar-refractivity contribution in [1.29, 1.82) is 0 Å². The summed E-state index contributed by atoms with van der Waals surface area (Å²) < 4.78 is 10.5. The number of carbonyl (C=O) groups is 1. The average Bonchev–Trinajstić information content (AvgIpc) is 2.37. The van der Waals surface area contributed by atoms with Crippen LogP contribution in [0.3, 0.4) is 0 Å². The van der Waals surface area contributed by atoms with Crippen molar-refractivity contribution in [3.8, 4) is 5.75 Å². The van der Waals surface area contributed by atoms with E-state index in [-0.39, 0.29) is 11.8 Å². The summed E-state index contributed by atoms with van der Waals surface area (Å²) in [4.78, 5) is 12.0. The zero-order valence-electron chi connectivity index (χ0n) is 11.2. The summed E-state index contributed by atoms with van der Waals surface area (Å²) in [6.45, 7) is 5.29. The number of nitrogens with one attached hydrogen (secondary N) is 1. The van der Waals surface area contributed by atoms with Gasteiger partial charge in [-0.25, -0.2) is 0 Å². The van der Waals surface area contributed by atoms with Gasteiger partial charge in [-0.3, -0.25) is 4.79 Å². The lowest BCUT2D eigenvalue weighted by Gasteiger charge is -2.11. The van der Waals surface area contributed by atoms with Crippen LogP contribution in [0.1, 0.15) is 24.2 Å². The van der Waals surface area contributed by atoms with Crippen LogP contribution in [0.4, 0.5) is 0 Å². The van der Waals surface area contributed by atoms with Gasteiger partial charge in [-0.15, -0.1) is 0 Å². The van der Waals surface area contributed by atoms with E-state index in [0.717, 1.165) is 0 Å². The predicted octanol–water partition coefficient (Wildman–Crippen LogP) is 1.89. The van der Waals surface area contributed by atoms with Gasteiger partial charge in [0.05, 0.1) is 18.7 Å². The molecular formula is C14H21NO3. The molecule has 0 atom stereocenters. The third-order valence-corrected chi connectivity index (χ3v) is 2.40. The van der Waals surface area contributed by atoms with Crippen molar-refractivity contribution in [3.63, 3.8) is 0 Å². The highest BCUT2D eigenvalue weighted by molar-refractivity contribution is 6.00. The SMILES string of the molecule is COCCOc1ccccc1C(=O)CNC(C)C. The normalized spacial score (nSPS) is 10.7. The van der Waals surface area contributed by atoms with Gasteiger partial charge >= 0.3 is 0 Å². The van der Waals surface area contributed by atoms with Crippen molar-refractivity contribution in [2.45, 2.75) is 19.9 Å².